The summed E-state index contributed by atoms with van der Waals surface area (Å²) in [5.41, 5.74) is -4.60. The van der Waals surface area contributed by atoms with E-state index in [9.17, 15) is 30.4 Å². The molecule has 0 aliphatic heterocycles. The predicted molar refractivity (Wildman–Crippen MR) is 88.1 cm³/mol. The van der Waals surface area contributed by atoms with Crippen LogP contribution in [0, 0.1) is 11.6 Å². The third-order valence-corrected chi connectivity index (χ3v) is 5.60. The van der Waals surface area contributed by atoms with Crippen LogP contribution in [0.5, 0.6) is 0 Å². The van der Waals surface area contributed by atoms with Crippen LogP contribution in [0.3, 0.4) is 0 Å². The van der Waals surface area contributed by atoms with Crippen molar-refractivity contribution in [2.24, 2.45) is 0 Å². The molecule has 0 fully saturated rings. The summed E-state index contributed by atoms with van der Waals surface area (Å²) in [4.78, 5) is -0.355. The highest BCUT2D eigenvalue weighted by Crippen LogP contribution is 2.46. The Morgan fingerprint density at radius 3 is 2.14 bits per heavy atom. The fraction of sp³-hybridized carbons (Fsp3) is 0.111. The molecule has 0 radical (unpaired) electrons. The van der Waals surface area contributed by atoms with E-state index in [1.54, 1.807) is 4.72 Å². The van der Waals surface area contributed by atoms with Crippen LogP contribution in [0.2, 0.25) is 0 Å². The minimum Gasteiger partial charge on any atom is -0.229 e. The van der Waals surface area contributed by atoms with Gasteiger partial charge in [0.25, 0.3) is 0 Å². The normalized spacial score (nSPS) is 22.9. The van der Waals surface area contributed by atoms with Crippen LogP contribution < -0.4 is 4.72 Å². The molecule has 10 heteroatoms. The van der Waals surface area contributed by atoms with Crippen molar-refractivity contribution in [1.82, 2.24) is 4.72 Å². The average Bonchev–Trinajstić information content (AvgIpc) is 2.67. The summed E-state index contributed by atoms with van der Waals surface area (Å²) in [6.07, 6.45) is 0.181. The van der Waals surface area contributed by atoms with E-state index in [1.807, 2.05) is 0 Å². The zero-order valence-corrected chi connectivity index (χ0v) is 14.6. The number of allylic oxidation sites excluding steroid dienone is 2. The Morgan fingerprint density at radius 1 is 0.893 bits per heavy atom. The largest absolute Gasteiger partial charge is 0.241 e. The Balaban J connectivity index is 2.13. The maximum absolute atomic E-state index is 15.6. The summed E-state index contributed by atoms with van der Waals surface area (Å²) in [5.74, 6) is -9.32. The monoisotopic (exact) mass is 419 g/mol. The first-order valence-corrected chi connectivity index (χ1v) is 9.21. The lowest BCUT2D eigenvalue weighted by molar-refractivity contribution is 0.134. The number of hydrogen-bond acceptors (Lipinski definition) is 2. The number of rotatable bonds is 4. The molecule has 2 atom stereocenters. The zero-order valence-electron chi connectivity index (χ0n) is 13.8. The van der Waals surface area contributed by atoms with Gasteiger partial charge in [-0.2, -0.15) is 0 Å². The van der Waals surface area contributed by atoms with E-state index >= 15 is 4.39 Å². The van der Waals surface area contributed by atoms with Crippen molar-refractivity contribution < 1.29 is 34.8 Å². The van der Waals surface area contributed by atoms with E-state index in [1.165, 1.54) is 18.2 Å². The highest BCUT2D eigenvalue weighted by atomic mass is 32.2. The van der Waals surface area contributed by atoms with Gasteiger partial charge in [-0.15, -0.1) is 0 Å². The first-order chi connectivity index (χ1) is 13.1. The summed E-state index contributed by atoms with van der Waals surface area (Å²) in [6, 6.07) is 5.45. The molecule has 3 rings (SSSR count). The van der Waals surface area contributed by atoms with Crippen LogP contribution in [0.15, 0.2) is 77.0 Å². The predicted octanol–water partition coefficient (Wildman–Crippen LogP) is 4.49. The summed E-state index contributed by atoms with van der Waals surface area (Å²) < 4.78 is 111. The van der Waals surface area contributed by atoms with Gasteiger partial charge in [0.2, 0.25) is 15.7 Å². The molecule has 0 amide bonds. The quantitative estimate of drug-likeness (QED) is 0.743. The summed E-state index contributed by atoms with van der Waals surface area (Å²) >= 11 is 0. The van der Waals surface area contributed by atoms with Crippen molar-refractivity contribution in [3.63, 3.8) is 0 Å². The first kappa shape index (κ1) is 20.2. The van der Waals surface area contributed by atoms with Gasteiger partial charge in [0.15, 0.2) is 29.1 Å². The van der Waals surface area contributed by atoms with E-state index < -0.39 is 56.4 Å². The number of halogens is 6. The molecule has 0 saturated heterocycles. The van der Waals surface area contributed by atoms with Gasteiger partial charge in [-0.05, 0) is 30.3 Å². The first-order valence-electron chi connectivity index (χ1n) is 7.72. The minimum atomic E-state index is -4.50. The molecule has 2 aromatic carbocycles. The van der Waals surface area contributed by atoms with Crippen LogP contribution in [-0.4, -0.2) is 14.5 Å². The Labute approximate surface area is 156 Å². The average molecular weight is 419 g/mol. The second-order valence-electron chi connectivity index (χ2n) is 5.90. The third-order valence-electron chi connectivity index (χ3n) is 4.14. The van der Waals surface area contributed by atoms with Crippen LogP contribution in [0.4, 0.5) is 26.3 Å². The van der Waals surface area contributed by atoms with Crippen LogP contribution in [0.25, 0.3) is 0 Å². The van der Waals surface area contributed by atoms with Crippen LogP contribution in [-0.2, 0) is 15.7 Å². The van der Waals surface area contributed by atoms with Crippen molar-refractivity contribution in [1.29, 1.82) is 0 Å². The molecule has 2 unspecified atom stereocenters. The highest BCUT2D eigenvalue weighted by Gasteiger charge is 2.52. The minimum absolute atomic E-state index is 0.181. The number of nitrogens with one attached hydrogen (secondary N) is 1. The van der Waals surface area contributed by atoms with E-state index in [0.717, 1.165) is 12.1 Å². The SMILES string of the molecule is O=S(=O)(NC1C=C(F)C(F)=C(F)C1(F)c1ccc(F)c(F)c1)c1ccccc1. The Morgan fingerprint density at radius 2 is 1.54 bits per heavy atom. The molecular formula is C18H11F6NO2S. The number of benzene rings is 2. The molecule has 1 aliphatic carbocycles. The summed E-state index contributed by atoms with van der Waals surface area (Å²) in [6.45, 7) is 0. The molecule has 1 N–H and O–H groups in total. The fourth-order valence-electron chi connectivity index (χ4n) is 2.71. The molecule has 2 aromatic rings. The fourth-order valence-corrected chi connectivity index (χ4v) is 3.93. The van der Waals surface area contributed by atoms with Gasteiger partial charge in [0, 0.05) is 5.56 Å². The maximum atomic E-state index is 15.6. The zero-order chi connectivity index (χ0) is 20.7. The van der Waals surface area contributed by atoms with Gasteiger partial charge in [0.05, 0.1) is 10.9 Å². The summed E-state index contributed by atoms with van der Waals surface area (Å²) in [5, 5.41) is 0. The molecule has 0 heterocycles. The summed E-state index contributed by atoms with van der Waals surface area (Å²) in [7, 11) is -4.50. The van der Waals surface area contributed by atoms with Gasteiger partial charge in [-0.3, -0.25) is 0 Å². The standard InChI is InChI=1S/C18H11F6NO2S/c19-12-7-6-10(8-13(12)20)18(24)15(9-14(21)16(22)17(18)23)25-28(26,27)11-4-2-1-3-5-11/h1-9,15,25H. The second-order valence-corrected chi connectivity index (χ2v) is 7.61. The lowest BCUT2D eigenvalue weighted by Crippen LogP contribution is -2.49. The van der Waals surface area contributed by atoms with Gasteiger partial charge < -0.3 is 0 Å². The van der Waals surface area contributed by atoms with Crippen molar-refractivity contribution in [2.45, 2.75) is 16.6 Å². The van der Waals surface area contributed by atoms with Crippen LogP contribution >= 0.6 is 0 Å². The molecule has 0 aromatic heterocycles. The lowest BCUT2D eigenvalue weighted by atomic mass is 9.83. The highest BCUT2D eigenvalue weighted by molar-refractivity contribution is 7.89. The maximum Gasteiger partial charge on any atom is 0.241 e. The van der Waals surface area contributed by atoms with Crippen LogP contribution in [0.1, 0.15) is 5.56 Å². The molecule has 0 saturated carbocycles. The van der Waals surface area contributed by atoms with E-state index in [4.69, 9.17) is 0 Å². The molecule has 0 bridgehead atoms. The van der Waals surface area contributed by atoms with Gasteiger partial charge in [0.1, 0.15) is 0 Å². The van der Waals surface area contributed by atoms with Crippen molar-refractivity contribution in [3.8, 4) is 0 Å². The van der Waals surface area contributed by atoms with Gasteiger partial charge >= 0.3 is 0 Å². The van der Waals surface area contributed by atoms with Crippen molar-refractivity contribution in [2.75, 3.05) is 0 Å². The molecule has 148 valence electrons. The third kappa shape index (κ3) is 3.33. The molecule has 1 aliphatic rings. The Kier molecular flexibility index (Phi) is 5.11. The molecule has 0 spiro atoms. The second kappa shape index (κ2) is 7.10. The van der Waals surface area contributed by atoms with E-state index in [-0.39, 0.29) is 17.0 Å². The van der Waals surface area contributed by atoms with E-state index in [2.05, 4.69) is 0 Å². The topological polar surface area (TPSA) is 46.2 Å². The van der Waals surface area contributed by atoms with Crippen molar-refractivity contribution in [3.05, 3.63) is 89.3 Å². The Bertz CT molecular complexity index is 1080. The number of hydrogen-bond donors (Lipinski definition) is 1. The molecule has 28 heavy (non-hydrogen) atoms. The van der Waals surface area contributed by atoms with Gasteiger partial charge in [-0.1, -0.05) is 24.3 Å². The molecular weight excluding hydrogens is 408 g/mol. The van der Waals surface area contributed by atoms with Gasteiger partial charge in [-0.25, -0.2) is 39.5 Å². The van der Waals surface area contributed by atoms with Crippen molar-refractivity contribution >= 4 is 10.0 Å². The molecule has 3 nitrogen and oxygen atoms in total. The number of sulfonamides is 1. The smallest absolute Gasteiger partial charge is 0.229 e. The lowest BCUT2D eigenvalue weighted by Gasteiger charge is -2.34. The Hall–Kier alpha value is -2.59. The number of alkyl halides is 1. The van der Waals surface area contributed by atoms with E-state index in [0.29, 0.717) is 12.1 Å².